The van der Waals surface area contributed by atoms with Gasteiger partial charge in [-0.3, -0.25) is 4.79 Å². The highest BCUT2D eigenvalue weighted by atomic mass is 19.1. The van der Waals surface area contributed by atoms with Crippen molar-refractivity contribution in [1.29, 1.82) is 0 Å². The molecule has 3 N–H and O–H groups in total. The molecule has 1 aliphatic heterocycles. The molecule has 16 heavy (non-hydrogen) atoms. The van der Waals surface area contributed by atoms with Gasteiger partial charge in [0.1, 0.15) is 5.82 Å². The fourth-order valence-electron chi connectivity index (χ4n) is 2.30. The van der Waals surface area contributed by atoms with E-state index in [0.29, 0.717) is 12.8 Å². The Morgan fingerprint density at radius 2 is 1.81 bits per heavy atom. The van der Waals surface area contributed by atoms with Crippen LogP contribution in [0.4, 0.5) is 4.39 Å². The lowest BCUT2D eigenvalue weighted by molar-refractivity contribution is -0.124. The lowest BCUT2D eigenvalue weighted by atomic mass is 9.72. The maximum Gasteiger partial charge on any atom is 0.228 e. The lowest BCUT2D eigenvalue weighted by Gasteiger charge is -2.35. The van der Waals surface area contributed by atoms with Gasteiger partial charge in [-0.15, -0.1) is 0 Å². The average Bonchev–Trinajstić information content (AvgIpc) is 2.30. The van der Waals surface area contributed by atoms with Crippen molar-refractivity contribution in [1.82, 2.24) is 5.32 Å². The SMILES string of the molecule is NC(=O)C1(c2ccc(F)cc2)CCNCC1. The molecule has 1 aliphatic rings. The summed E-state index contributed by atoms with van der Waals surface area (Å²) in [5, 5.41) is 3.19. The number of rotatable bonds is 2. The normalized spacial score (nSPS) is 19.3. The smallest absolute Gasteiger partial charge is 0.228 e. The van der Waals surface area contributed by atoms with Gasteiger partial charge in [0.15, 0.2) is 0 Å². The Kier molecular flexibility index (Phi) is 2.92. The zero-order valence-corrected chi connectivity index (χ0v) is 9.00. The number of carbonyl (C=O) groups is 1. The van der Waals surface area contributed by atoms with Gasteiger partial charge in [0.25, 0.3) is 0 Å². The molecule has 86 valence electrons. The van der Waals surface area contributed by atoms with Crippen LogP contribution in [-0.4, -0.2) is 19.0 Å². The van der Waals surface area contributed by atoms with Crippen molar-refractivity contribution in [2.45, 2.75) is 18.3 Å². The van der Waals surface area contributed by atoms with Crippen molar-refractivity contribution < 1.29 is 9.18 Å². The van der Waals surface area contributed by atoms with Crippen LogP contribution in [-0.2, 0) is 10.2 Å². The van der Waals surface area contributed by atoms with E-state index in [1.807, 2.05) is 0 Å². The molecule has 0 unspecified atom stereocenters. The summed E-state index contributed by atoms with van der Waals surface area (Å²) < 4.78 is 12.9. The van der Waals surface area contributed by atoms with Crippen LogP contribution >= 0.6 is 0 Å². The summed E-state index contributed by atoms with van der Waals surface area (Å²) in [6.45, 7) is 1.53. The van der Waals surface area contributed by atoms with E-state index in [2.05, 4.69) is 5.32 Å². The molecule has 3 nitrogen and oxygen atoms in total. The van der Waals surface area contributed by atoms with Gasteiger partial charge in [0.2, 0.25) is 5.91 Å². The number of piperidine rings is 1. The van der Waals surface area contributed by atoms with Crippen molar-refractivity contribution in [3.05, 3.63) is 35.6 Å². The third-order valence-corrected chi connectivity index (χ3v) is 3.33. The van der Waals surface area contributed by atoms with Gasteiger partial charge in [0.05, 0.1) is 5.41 Å². The summed E-state index contributed by atoms with van der Waals surface area (Å²) in [6.07, 6.45) is 1.35. The minimum absolute atomic E-state index is 0.294. The minimum Gasteiger partial charge on any atom is -0.369 e. The number of hydrogen-bond acceptors (Lipinski definition) is 2. The summed E-state index contributed by atoms with van der Waals surface area (Å²) in [7, 11) is 0. The second-order valence-electron chi connectivity index (χ2n) is 4.20. The summed E-state index contributed by atoms with van der Waals surface area (Å²) in [4.78, 5) is 11.7. The van der Waals surface area contributed by atoms with E-state index in [4.69, 9.17) is 5.73 Å². The van der Waals surface area contributed by atoms with Crippen LogP contribution in [0.5, 0.6) is 0 Å². The number of amides is 1. The third-order valence-electron chi connectivity index (χ3n) is 3.33. The van der Waals surface area contributed by atoms with Crippen LogP contribution in [0.25, 0.3) is 0 Å². The van der Waals surface area contributed by atoms with Crippen LogP contribution in [0.3, 0.4) is 0 Å². The Labute approximate surface area is 93.8 Å². The molecular weight excluding hydrogens is 207 g/mol. The molecule has 0 radical (unpaired) electrons. The van der Waals surface area contributed by atoms with Crippen molar-refractivity contribution in [3.63, 3.8) is 0 Å². The van der Waals surface area contributed by atoms with E-state index < -0.39 is 5.41 Å². The summed E-state index contributed by atoms with van der Waals surface area (Å²) in [5.74, 6) is -0.613. The molecule has 4 heteroatoms. The molecule has 1 amide bonds. The molecule has 0 saturated carbocycles. The topological polar surface area (TPSA) is 55.1 Å². The van der Waals surface area contributed by atoms with Crippen molar-refractivity contribution in [3.8, 4) is 0 Å². The van der Waals surface area contributed by atoms with Crippen LogP contribution in [0, 0.1) is 5.82 Å². The first kappa shape index (κ1) is 11.1. The maximum atomic E-state index is 12.9. The summed E-state index contributed by atoms with van der Waals surface area (Å²) in [6, 6.07) is 6.07. The molecule has 0 atom stereocenters. The van der Waals surface area contributed by atoms with Crippen molar-refractivity contribution in [2.24, 2.45) is 5.73 Å². The zero-order valence-electron chi connectivity index (χ0n) is 9.00. The third kappa shape index (κ3) is 1.80. The van der Waals surface area contributed by atoms with Crippen LogP contribution in [0.15, 0.2) is 24.3 Å². The second kappa shape index (κ2) is 4.22. The number of benzene rings is 1. The highest BCUT2D eigenvalue weighted by Crippen LogP contribution is 2.33. The van der Waals surface area contributed by atoms with Gasteiger partial charge in [-0.1, -0.05) is 12.1 Å². The van der Waals surface area contributed by atoms with E-state index >= 15 is 0 Å². The van der Waals surface area contributed by atoms with E-state index in [-0.39, 0.29) is 11.7 Å². The Balaban J connectivity index is 2.38. The molecule has 0 spiro atoms. The quantitative estimate of drug-likeness (QED) is 0.782. The standard InChI is InChI=1S/C12H15FN2O/c13-10-3-1-9(2-4-10)12(11(14)16)5-7-15-8-6-12/h1-4,15H,5-8H2,(H2,14,16). The predicted octanol–water partition coefficient (Wildman–Crippen LogP) is 0.932. The Morgan fingerprint density at radius 3 is 2.31 bits per heavy atom. The summed E-state index contributed by atoms with van der Waals surface area (Å²) >= 11 is 0. The largest absolute Gasteiger partial charge is 0.369 e. The fraction of sp³-hybridized carbons (Fsp3) is 0.417. The molecule has 1 aromatic carbocycles. The minimum atomic E-state index is -0.626. The van der Waals surface area contributed by atoms with Gasteiger partial charge >= 0.3 is 0 Å². The molecule has 1 aromatic rings. The first-order valence-electron chi connectivity index (χ1n) is 5.42. The Morgan fingerprint density at radius 1 is 1.25 bits per heavy atom. The Bertz CT molecular complexity index is 383. The first-order valence-corrected chi connectivity index (χ1v) is 5.42. The van der Waals surface area contributed by atoms with Crippen LogP contribution in [0.2, 0.25) is 0 Å². The van der Waals surface area contributed by atoms with Gasteiger partial charge in [-0.2, -0.15) is 0 Å². The van der Waals surface area contributed by atoms with Crippen LogP contribution < -0.4 is 11.1 Å². The van der Waals surface area contributed by atoms with Gasteiger partial charge in [-0.05, 0) is 43.6 Å². The van der Waals surface area contributed by atoms with Gasteiger partial charge in [-0.25, -0.2) is 4.39 Å². The molecule has 0 aliphatic carbocycles. The van der Waals surface area contributed by atoms with Crippen molar-refractivity contribution in [2.75, 3.05) is 13.1 Å². The molecule has 1 heterocycles. The number of nitrogens with two attached hydrogens (primary N) is 1. The van der Waals surface area contributed by atoms with Gasteiger partial charge in [0, 0.05) is 0 Å². The molecule has 2 rings (SSSR count). The number of halogens is 1. The van der Waals surface area contributed by atoms with Gasteiger partial charge < -0.3 is 11.1 Å². The number of nitrogens with one attached hydrogen (secondary N) is 1. The van der Waals surface area contributed by atoms with E-state index in [9.17, 15) is 9.18 Å². The van der Waals surface area contributed by atoms with Crippen LogP contribution in [0.1, 0.15) is 18.4 Å². The monoisotopic (exact) mass is 222 g/mol. The van der Waals surface area contributed by atoms with E-state index in [1.54, 1.807) is 12.1 Å². The Hall–Kier alpha value is -1.42. The average molecular weight is 222 g/mol. The second-order valence-corrected chi connectivity index (χ2v) is 4.20. The zero-order chi connectivity index (χ0) is 11.6. The molecule has 0 bridgehead atoms. The van der Waals surface area contributed by atoms with E-state index in [0.717, 1.165) is 18.7 Å². The van der Waals surface area contributed by atoms with Crippen molar-refractivity contribution >= 4 is 5.91 Å². The molecular formula is C12H15FN2O. The predicted molar refractivity (Wildman–Crippen MR) is 59.4 cm³/mol. The lowest BCUT2D eigenvalue weighted by Crippen LogP contribution is -2.48. The van der Waals surface area contributed by atoms with E-state index in [1.165, 1.54) is 12.1 Å². The highest BCUT2D eigenvalue weighted by Gasteiger charge is 2.39. The highest BCUT2D eigenvalue weighted by molar-refractivity contribution is 5.86. The number of carbonyl (C=O) groups excluding carboxylic acids is 1. The fourth-order valence-corrected chi connectivity index (χ4v) is 2.30. The first-order chi connectivity index (χ1) is 7.65. The molecule has 1 fully saturated rings. The maximum absolute atomic E-state index is 12.9. The molecule has 0 aromatic heterocycles. The number of primary amides is 1. The number of hydrogen-bond donors (Lipinski definition) is 2. The summed E-state index contributed by atoms with van der Waals surface area (Å²) in [5.41, 5.74) is 5.71. The molecule has 1 saturated heterocycles.